The maximum absolute atomic E-state index is 4.17. The van der Waals surface area contributed by atoms with E-state index < -0.39 is 0 Å². The maximum atomic E-state index is 4.17. The van der Waals surface area contributed by atoms with Gasteiger partial charge in [-0.25, -0.2) is 4.98 Å². The summed E-state index contributed by atoms with van der Waals surface area (Å²) in [5, 5.41) is 0. The van der Waals surface area contributed by atoms with Gasteiger partial charge in [0.2, 0.25) is 0 Å². The van der Waals surface area contributed by atoms with E-state index in [1.54, 1.807) is 0 Å². The van der Waals surface area contributed by atoms with E-state index in [9.17, 15) is 0 Å². The van der Waals surface area contributed by atoms with Crippen molar-refractivity contribution < 1.29 is 0 Å². The minimum atomic E-state index is 0.422. The first-order chi connectivity index (χ1) is 5.61. The number of hydrogen-bond donors (Lipinski definition) is 0. The normalized spacial score (nSPS) is 13.4. The molecule has 1 unspecified atom stereocenters. The summed E-state index contributed by atoms with van der Waals surface area (Å²) in [6, 6.07) is 4.47. The lowest BCUT2D eigenvalue weighted by molar-refractivity contribution is 0.320. The van der Waals surface area contributed by atoms with Gasteiger partial charge in [0.25, 0.3) is 0 Å². The smallest absolute Gasteiger partial charge is 0.106 e. The van der Waals surface area contributed by atoms with E-state index in [0.717, 1.165) is 4.60 Å². The van der Waals surface area contributed by atoms with Gasteiger partial charge in [-0.05, 0) is 48.6 Å². The van der Waals surface area contributed by atoms with Crippen molar-refractivity contribution in [1.29, 1.82) is 0 Å². The van der Waals surface area contributed by atoms with Crippen LogP contribution in [0.1, 0.15) is 18.5 Å². The maximum Gasteiger partial charge on any atom is 0.106 e. The highest BCUT2D eigenvalue weighted by Crippen LogP contribution is 2.17. The number of hydrogen-bond acceptors (Lipinski definition) is 2. The van der Waals surface area contributed by atoms with Crippen LogP contribution >= 0.6 is 15.9 Å². The SMILES string of the molecule is CC(c1ccc(Br)nc1)N(C)C. The van der Waals surface area contributed by atoms with Gasteiger partial charge in [-0.1, -0.05) is 6.07 Å². The summed E-state index contributed by atoms with van der Waals surface area (Å²) in [4.78, 5) is 6.33. The van der Waals surface area contributed by atoms with Gasteiger partial charge in [-0.2, -0.15) is 0 Å². The summed E-state index contributed by atoms with van der Waals surface area (Å²) in [6.45, 7) is 2.16. The Morgan fingerprint density at radius 2 is 2.08 bits per heavy atom. The van der Waals surface area contributed by atoms with Crippen LogP contribution in [-0.2, 0) is 0 Å². The largest absolute Gasteiger partial charge is 0.303 e. The molecule has 0 N–H and O–H groups in total. The zero-order chi connectivity index (χ0) is 9.14. The average molecular weight is 229 g/mol. The minimum Gasteiger partial charge on any atom is -0.303 e. The molecule has 0 aliphatic rings. The van der Waals surface area contributed by atoms with Crippen molar-refractivity contribution in [3.05, 3.63) is 28.5 Å². The van der Waals surface area contributed by atoms with Gasteiger partial charge in [0.1, 0.15) is 4.60 Å². The highest BCUT2D eigenvalue weighted by atomic mass is 79.9. The Bertz CT molecular complexity index is 243. The van der Waals surface area contributed by atoms with E-state index >= 15 is 0 Å². The lowest BCUT2D eigenvalue weighted by Crippen LogP contribution is -2.16. The van der Waals surface area contributed by atoms with Crippen LogP contribution in [0.2, 0.25) is 0 Å². The van der Waals surface area contributed by atoms with E-state index in [4.69, 9.17) is 0 Å². The molecule has 0 aromatic carbocycles. The number of rotatable bonds is 2. The predicted octanol–water partition coefficient (Wildman–Crippen LogP) is 2.47. The molecular formula is C9H13BrN2. The summed E-state index contributed by atoms with van der Waals surface area (Å²) in [7, 11) is 4.12. The lowest BCUT2D eigenvalue weighted by atomic mass is 10.1. The van der Waals surface area contributed by atoms with Gasteiger partial charge in [-0.15, -0.1) is 0 Å². The molecule has 0 amide bonds. The van der Waals surface area contributed by atoms with Gasteiger partial charge in [0.05, 0.1) is 0 Å². The van der Waals surface area contributed by atoms with Crippen molar-refractivity contribution >= 4 is 15.9 Å². The fraction of sp³-hybridized carbons (Fsp3) is 0.444. The van der Waals surface area contributed by atoms with Crippen molar-refractivity contribution in [2.24, 2.45) is 0 Å². The van der Waals surface area contributed by atoms with E-state index in [1.165, 1.54) is 5.56 Å². The first-order valence-electron chi connectivity index (χ1n) is 3.89. The Kier molecular flexibility index (Phi) is 3.23. The zero-order valence-electron chi connectivity index (χ0n) is 7.58. The van der Waals surface area contributed by atoms with Crippen LogP contribution < -0.4 is 0 Å². The molecule has 0 saturated carbocycles. The standard InChI is InChI=1S/C9H13BrN2/c1-7(12(2)3)8-4-5-9(10)11-6-8/h4-7H,1-3H3. The summed E-state index contributed by atoms with van der Waals surface area (Å²) < 4.78 is 0.886. The molecule has 1 rings (SSSR count). The van der Waals surface area contributed by atoms with Crippen molar-refractivity contribution in [3.63, 3.8) is 0 Å². The third kappa shape index (κ3) is 2.29. The number of aromatic nitrogens is 1. The molecular weight excluding hydrogens is 216 g/mol. The Hall–Kier alpha value is -0.410. The van der Waals surface area contributed by atoms with Crippen LogP contribution in [0, 0.1) is 0 Å². The molecule has 3 heteroatoms. The number of nitrogens with zero attached hydrogens (tertiary/aromatic N) is 2. The van der Waals surface area contributed by atoms with E-state index in [0.29, 0.717) is 6.04 Å². The highest BCUT2D eigenvalue weighted by Gasteiger charge is 2.06. The van der Waals surface area contributed by atoms with Crippen molar-refractivity contribution in [2.45, 2.75) is 13.0 Å². The molecule has 1 atom stereocenters. The quantitative estimate of drug-likeness (QED) is 0.724. The molecule has 0 saturated heterocycles. The molecule has 0 aliphatic heterocycles. The first kappa shape index (κ1) is 9.68. The van der Waals surface area contributed by atoms with Gasteiger partial charge in [-0.3, -0.25) is 0 Å². The van der Waals surface area contributed by atoms with Crippen LogP contribution in [-0.4, -0.2) is 24.0 Å². The summed E-state index contributed by atoms with van der Waals surface area (Å²) in [5.74, 6) is 0. The molecule has 66 valence electrons. The second kappa shape index (κ2) is 4.01. The molecule has 1 heterocycles. The van der Waals surface area contributed by atoms with Crippen molar-refractivity contribution in [3.8, 4) is 0 Å². The van der Waals surface area contributed by atoms with E-state index in [2.05, 4.69) is 52.9 Å². The second-order valence-electron chi connectivity index (χ2n) is 3.05. The van der Waals surface area contributed by atoms with E-state index in [-0.39, 0.29) is 0 Å². The van der Waals surface area contributed by atoms with Crippen LogP contribution in [0.25, 0.3) is 0 Å². The Balaban J connectivity index is 2.82. The second-order valence-corrected chi connectivity index (χ2v) is 3.87. The van der Waals surface area contributed by atoms with Crippen LogP contribution in [0.4, 0.5) is 0 Å². The first-order valence-corrected chi connectivity index (χ1v) is 4.68. The van der Waals surface area contributed by atoms with E-state index in [1.807, 2.05) is 12.3 Å². The summed E-state index contributed by atoms with van der Waals surface area (Å²) >= 11 is 3.31. The van der Waals surface area contributed by atoms with Gasteiger partial charge in [0.15, 0.2) is 0 Å². The van der Waals surface area contributed by atoms with Crippen molar-refractivity contribution in [1.82, 2.24) is 9.88 Å². The lowest BCUT2D eigenvalue weighted by Gasteiger charge is -2.19. The molecule has 0 radical (unpaired) electrons. The Morgan fingerprint density at radius 3 is 2.50 bits per heavy atom. The monoisotopic (exact) mass is 228 g/mol. The predicted molar refractivity (Wildman–Crippen MR) is 54.0 cm³/mol. The van der Waals surface area contributed by atoms with Crippen LogP contribution in [0.3, 0.4) is 0 Å². The molecule has 0 spiro atoms. The molecule has 0 aliphatic carbocycles. The topological polar surface area (TPSA) is 16.1 Å². The van der Waals surface area contributed by atoms with Gasteiger partial charge >= 0.3 is 0 Å². The number of halogens is 1. The zero-order valence-corrected chi connectivity index (χ0v) is 9.17. The Morgan fingerprint density at radius 1 is 1.42 bits per heavy atom. The average Bonchev–Trinajstić information content (AvgIpc) is 2.04. The molecule has 0 fully saturated rings. The third-order valence-electron chi connectivity index (χ3n) is 2.01. The fourth-order valence-corrected chi connectivity index (χ4v) is 1.17. The summed E-state index contributed by atoms with van der Waals surface area (Å²) in [6.07, 6.45) is 1.90. The van der Waals surface area contributed by atoms with Gasteiger partial charge in [0, 0.05) is 12.2 Å². The summed E-state index contributed by atoms with van der Waals surface area (Å²) in [5.41, 5.74) is 1.24. The van der Waals surface area contributed by atoms with Gasteiger partial charge < -0.3 is 4.90 Å². The van der Waals surface area contributed by atoms with Crippen LogP contribution in [0.5, 0.6) is 0 Å². The molecule has 2 nitrogen and oxygen atoms in total. The number of pyridine rings is 1. The molecule has 1 aromatic rings. The molecule has 12 heavy (non-hydrogen) atoms. The molecule has 1 aromatic heterocycles. The third-order valence-corrected chi connectivity index (χ3v) is 2.48. The van der Waals surface area contributed by atoms with Crippen molar-refractivity contribution in [2.75, 3.05) is 14.1 Å². The van der Waals surface area contributed by atoms with Crippen LogP contribution in [0.15, 0.2) is 22.9 Å². The minimum absolute atomic E-state index is 0.422. The Labute approximate surface area is 81.7 Å². The molecule has 0 bridgehead atoms. The highest BCUT2D eigenvalue weighted by molar-refractivity contribution is 9.10. The fourth-order valence-electron chi connectivity index (χ4n) is 0.933.